The first-order chi connectivity index (χ1) is 4.57. The van der Waals surface area contributed by atoms with Crippen molar-refractivity contribution in [2.45, 2.75) is 26.4 Å². The predicted octanol–water partition coefficient (Wildman–Crippen LogP) is 0.582. The standard InChI is InChI=1S/C7H14O3/c1-5(2)7(10)3-6(9)4-8/h6,8-10H,3-4H2,1-2H3. The van der Waals surface area contributed by atoms with Crippen LogP contribution >= 0.6 is 0 Å². The van der Waals surface area contributed by atoms with Crippen LogP contribution in [0.25, 0.3) is 0 Å². The monoisotopic (exact) mass is 146 g/mol. The molecule has 3 nitrogen and oxygen atoms in total. The molecule has 3 N–H and O–H groups in total. The van der Waals surface area contributed by atoms with E-state index in [0.717, 1.165) is 5.57 Å². The normalized spacial score (nSPS) is 12.8. The quantitative estimate of drug-likeness (QED) is 0.510. The second-order valence-electron chi connectivity index (χ2n) is 2.49. The largest absolute Gasteiger partial charge is 0.512 e. The summed E-state index contributed by atoms with van der Waals surface area (Å²) in [4.78, 5) is 0. The SMILES string of the molecule is CC(C)=C(O)CC(O)CO. The highest BCUT2D eigenvalue weighted by molar-refractivity contribution is 5.01. The molecule has 1 unspecified atom stereocenters. The molecule has 0 rings (SSSR count). The molecule has 0 saturated heterocycles. The smallest absolute Gasteiger partial charge is 0.0935 e. The average Bonchev–Trinajstić information content (AvgIpc) is 1.87. The van der Waals surface area contributed by atoms with Crippen molar-refractivity contribution < 1.29 is 15.3 Å². The van der Waals surface area contributed by atoms with Crippen molar-refractivity contribution in [1.29, 1.82) is 0 Å². The number of hydrogen-bond donors (Lipinski definition) is 3. The van der Waals surface area contributed by atoms with Crippen LogP contribution in [0.1, 0.15) is 20.3 Å². The van der Waals surface area contributed by atoms with Crippen LogP contribution in [-0.2, 0) is 0 Å². The Bertz CT molecular complexity index is 125. The number of hydrogen-bond acceptors (Lipinski definition) is 3. The molecule has 10 heavy (non-hydrogen) atoms. The Morgan fingerprint density at radius 1 is 1.40 bits per heavy atom. The van der Waals surface area contributed by atoms with Crippen LogP contribution in [0, 0.1) is 0 Å². The summed E-state index contributed by atoms with van der Waals surface area (Å²) in [6.07, 6.45) is -0.700. The van der Waals surface area contributed by atoms with Crippen molar-refractivity contribution in [1.82, 2.24) is 0 Å². The molecule has 0 aromatic carbocycles. The van der Waals surface area contributed by atoms with Crippen molar-refractivity contribution >= 4 is 0 Å². The van der Waals surface area contributed by atoms with Gasteiger partial charge in [0.05, 0.1) is 18.5 Å². The lowest BCUT2D eigenvalue weighted by molar-refractivity contribution is 0.0859. The summed E-state index contributed by atoms with van der Waals surface area (Å²) < 4.78 is 0. The second-order valence-corrected chi connectivity index (χ2v) is 2.49. The zero-order valence-corrected chi connectivity index (χ0v) is 6.33. The highest BCUT2D eigenvalue weighted by Crippen LogP contribution is 2.06. The van der Waals surface area contributed by atoms with E-state index >= 15 is 0 Å². The Balaban J connectivity index is 3.79. The summed E-state index contributed by atoms with van der Waals surface area (Å²) in [6.45, 7) is 3.19. The van der Waals surface area contributed by atoms with Gasteiger partial charge in [-0.25, -0.2) is 0 Å². The fourth-order valence-corrected chi connectivity index (χ4v) is 0.492. The van der Waals surface area contributed by atoms with E-state index in [-0.39, 0.29) is 18.8 Å². The summed E-state index contributed by atoms with van der Waals surface area (Å²) in [6, 6.07) is 0. The molecule has 0 aliphatic carbocycles. The van der Waals surface area contributed by atoms with Crippen molar-refractivity contribution in [3.05, 3.63) is 11.3 Å². The molecule has 60 valence electrons. The van der Waals surface area contributed by atoms with Crippen LogP contribution in [0.5, 0.6) is 0 Å². The fraction of sp³-hybridized carbons (Fsp3) is 0.714. The van der Waals surface area contributed by atoms with E-state index in [4.69, 9.17) is 15.3 Å². The lowest BCUT2D eigenvalue weighted by Crippen LogP contribution is -2.12. The Morgan fingerprint density at radius 3 is 2.20 bits per heavy atom. The summed E-state index contributed by atoms with van der Waals surface area (Å²) in [5.74, 6) is 0.154. The molecular weight excluding hydrogens is 132 g/mol. The number of aliphatic hydroxyl groups excluding tert-OH is 3. The molecule has 1 atom stereocenters. The van der Waals surface area contributed by atoms with Crippen LogP contribution < -0.4 is 0 Å². The highest BCUT2D eigenvalue weighted by atomic mass is 16.3. The fourth-order valence-electron chi connectivity index (χ4n) is 0.492. The van der Waals surface area contributed by atoms with Gasteiger partial charge in [0, 0.05) is 6.42 Å². The summed E-state index contributed by atoms with van der Waals surface area (Å²) in [5, 5.41) is 26.3. The number of aliphatic hydroxyl groups is 3. The van der Waals surface area contributed by atoms with Crippen LogP contribution in [0.15, 0.2) is 11.3 Å². The number of rotatable bonds is 3. The van der Waals surface area contributed by atoms with Crippen LogP contribution in [0.2, 0.25) is 0 Å². The van der Waals surface area contributed by atoms with E-state index in [9.17, 15) is 0 Å². The first-order valence-corrected chi connectivity index (χ1v) is 3.22. The van der Waals surface area contributed by atoms with Crippen LogP contribution in [-0.4, -0.2) is 28.0 Å². The first kappa shape index (κ1) is 9.46. The highest BCUT2D eigenvalue weighted by Gasteiger charge is 2.05. The predicted molar refractivity (Wildman–Crippen MR) is 38.7 cm³/mol. The molecule has 0 heterocycles. The van der Waals surface area contributed by atoms with Crippen LogP contribution in [0.4, 0.5) is 0 Å². The van der Waals surface area contributed by atoms with Gasteiger partial charge in [0.25, 0.3) is 0 Å². The molecule has 0 radical (unpaired) electrons. The number of allylic oxidation sites excluding steroid dienone is 1. The van der Waals surface area contributed by atoms with Crippen molar-refractivity contribution in [2.24, 2.45) is 0 Å². The summed E-state index contributed by atoms with van der Waals surface area (Å²) in [5.41, 5.74) is 0.771. The van der Waals surface area contributed by atoms with E-state index in [1.807, 2.05) is 0 Å². The third-order valence-corrected chi connectivity index (χ3v) is 1.22. The molecular formula is C7H14O3. The zero-order chi connectivity index (χ0) is 8.15. The van der Waals surface area contributed by atoms with Gasteiger partial charge in [0.15, 0.2) is 0 Å². The van der Waals surface area contributed by atoms with Crippen molar-refractivity contribution in [2.75, 3.05) is 6.61 Å². The molecule has 0 aromatic heterocycles. The molecule has 0 saturated carbocycles. The third kappa shape index (κ3) is 3.48. The maximum atomic E-state index is 9.04. The van der Waals surface area contributed by atoms with Gasteiger partial charge >= 0.3 is 0 Å². The third-order valence-electron chi connectivity index (χ3n) is 1.22. The molecule has 0 spiro atoms. The van der Waals surface area contributed by atoms with Crippen molar-refractivity contribution in [3.63, 3.8) is 0 Å². The van der Waals surface area contributed by atoms with Gasteiger partial charge in [0.1, 0.15) is 0 Å². The van der Waals surface area contributed by atoms with E-state index in [1.165, 1.54) is 0 Å². The van der Waals surface area contributed by atoms with Gasteiger partial charge < -0.3 is 15.3 Å². The minimum atomic E-state index is -0.838. The summed E-state index contributed by atoms with van der Waals surface area (Å²) >= 11 is 0. The lowest BCUT2D eigenvalue weighted by atomic mass is 10.2. The Labute approximate surface area is 60.6 Å². The Hall–Kier alpha value is -0.540. The van der Waals surface area contributed by atoms with Gasteiger partial charge in [-0.3, -0.25) is 0 Å². The van der Waals surface area contributed by atoms with Gasteiger partial charge in [-0.15, -0.1) is 0 Å². The lowest BCUT2D eigenvalue weighted by Gasteiger charge is -2.06. The molecule has 0 bridgehead atoms. The van der Waals surface area contributed by atoms with Crippen LogP contribution in [0.3, 0.4) is 0 Å². The Kier molecular flexibility index (Phi) is 4.07. The molecule has 3 heteroatoms. The van der Waals surface area contributed by atoms with E-state index in [1.54, 1.807) is 13.8 Å². The molecule has 0 amide bonds. The van der Waals surface area contributed by atoms with E-state index < -0.39 is 6.10 Å². The molecule has 0 aliphatic rings. The Morgan fingerprint density at radius 2 is 1.90 bits per heavy atom. The van der Waals surface area contributed by atoms with Crippen molar-refractivity contribution in [3.8, 4) is 0 Å². The first-order valence-electron chi connectivity index (χ1n) is 3.22. The molecule has 0 aromatic rings. The minimum Gasteiger partial charge on any atom is -0.512 e. The van der Waals surface area contributed by atoms with Gasteiger partial charge in [0.2, 0.25) is 0 Å². The average molecular weight is 146 g/mol. The van der Waals surface area contributed by atoms with Gasteiger partial charge in [-0.2, -0.15) is 0 Å². The minimum absolute atomic E-state index is 0.138. The zero-order valence-electron chi connectivity index (χ0n) is 6.33. The van der Waals surface area contributed by atoms with Gasteiger partial charge in [-0.1, -0.05) is 0 Å². The van der Waals surface area contributed by atoms with E-state index in [2.05, 4.69) is 0 Å². The van der Waals surface area contributed by atoms with E-state index in [0.29, 0.717) is 0 Å². The topological polar surface area (TPSA) is 60.7 Å². The molecule has 0 aliphatic heterocycles. The second kappa shape index (κ2) is 4.30. The molecule has 0 fully saturated rings. The maximum absolute atomic E-state index is 9.04. The summed E-state index contributed by atoms with van der Waals surface area (Å²) in [7, 11) is 0. The van der Waals surface area contributed by atoms with Gasteiger partial charge in [-0.05, 0) is 19.4 Å². The maximum Gasteiger partial charge on any atom is 0.0935 e.